The minimum atomic E-state index is -0.122. The second-order valence-electron chi connectivity index (χ2n) is 9.28. The zero-order valence-corrected chi connectivity index (χ0v) is 19.5. The van der Waals surface area contributed by atoms with Crippen LogP contribution in [0.5, 0.6) is 5.75 Å². The fourth-order valence-corrected chi connectivity index (χ4v) is 5.82. The number of piperidine rings is 1. The van der Waals surface area contributed by atoms with Crippen LogP contribution in [-0.4, -0.2) is 99.3 Å². The highest BCUT2D eigenvalue weighted by Gasteiger charge is 2.60. The number of ether oxygens (including phenoxy) is 2. The molecule has 0 aromatic heterocycles. The Morgan fingerprint density at radius 1 is 1.16 bits per heavy atom. The smallest absolute Gasteiger partial charge is 0.317 e. The van der Waals surface area contributed by atoms with E-state index in [0.29, 0.717) is 32.2 Å². The molecule has 3 saturated heterocycles. The first-order valence-corrected chi connectivity index (χ1v) is 11.6. The van der Waals surface area contributed by atoms with Gasteiger partial charge >= 0.3 is 6.03 Å². The second kappa shape index (κ2) is 9.67. The Hall–Kier alpha value is -2.32. The van der Waals surface area contributed by atoms with E-state index in [1.54, 1.807) is 14.2 Å². The molecule has 1 N–H and O–H groups in total. The Balaban J connectivity index is 1.28. The van der Waals surface area contributed by atoms with Gasteiger partial charge in [-0.05, 0) is 37.0 Å². The molecule has 4 rings (SSSR count). The number of fused-ring (bicyclic) bond motifs is 2. The average Bonchev–Trinajstić information content (AvgIpc) is 3.33. The Kier molecular flexibility index (Phi) is 6.90. The van der Waals surface area contributed by atoms with Crippen LogP contribution < -0.4 is 10.1 Å². The lowest BCUT2D eigenvalue weighted by atomic mass is 9.75. The lowest BCUT2D eigenvalue weighted by Gasteiger charge is -2.46. The number of urea groups is 1. The number of nitrogens with zero attached hydrogens (tertiary/aromatic N) is 3. The van der Waals surface area contributed by atoms with Crippen LogP contribution in [0.4, 0.5) is 4.79 Å². The van der Waals surface area contributed by atoms with Crippen LogP contribution in [0.2, 0.25) is 0 Å². The van der Waals surface area contributed by atoms with Crippen LogP contribution in [0.15, 0.2) is 24.3 Å². The van der Waals surface area contributed by atoms with Gasteiger partial charge in [0.25, 0.3) is 0 Å². The van der Waals surface area contributed by atoms with E-state index in [2.05, 4.69) is 10.2 Å². The van der Waals surface area contributed by atoms with E-state index in [9.17, 15) is 9.59 Å². The maximum Gasteiger partial charge on any atom is 0.317 e. The molecule has 0 unspecified atom stereocenters. The average molecular weight is 445 g/mol. The van der Waals surface area contributed by atoms with Crippen molar-refractivity contribution in [2.45, 2.75) is 24.8 Å². The third kappa shape index (κ3) is 4.30. The van der Waals surface area contributed by atoms with Gasteiger partial charge in [0.2, 0.25) is 5.91 Å². The van der Waals surface area contributed by atoms with E-state index in [0.717, 1.165) is 44.6 Å². The van der Waals surface area contributed by atoms with Crippen molar-refractivity contribution in [1.29, 1.82) is 0 Å². The van der Waals surface area contributed by atoms with Gasteiger partial charge in [0.1, 0.15) is 5.75 Å². The predicted molar refractivity (Wildman–Crippen MR) is 122 cm³/mol. The molecule has 8 heteroatoms. The molecule has 1 aromatic rings. The molecule has 0 aliphatic carbocycles. The lowest BCUT2D eigenvalue weighted by molar-refractivity contribution is -0.133. The monoisotopic (exact) mass is 444 g/mol. The van der Waals surface area contributed by atoms with Gasteiger partial charge in [-0.15, -0.1) is 0 Å². The summed E-state index contributed by atoms with van der Waals surface area (Å²) in [5.41, 5.74) is 1.05. The van der Waals surface area contributed by atoms with E-state index in [1.165, 1.54) is 5.56 Å². The fraction of sp³-hybridized carbons (Fsp3) is 0.667. The third-order valence-electron chi connectivity index (χ3n) is 7.78. The summed E-state index contributed by atoms with van der Waals surface area (Å²) in [6, 6.07) is 7.92. The summed E-state index contributed by atoms with van der Waals surface area (Å²) in [6.45, 7) is 5.32. The summed E-state index contributed by atoms with van der Waals surface area (Å²) in [5.74, 6) is 1.54. The van der Waals surface area contributed by atoms with Crippen LogP contribution in [0.1, 0.15) is 18.4 Å². The Morgan fingerprint density at radius 2 is 1.88 bits per heavy atom. The molecule has 32 heavy (non-hydrogen) atoms. The summed E-state index contributed by atoms with van der Waals surface area (Å²) in [4.78, 5) is 32.0. The standard InChI is InChI=1S/C24H36N4O4/c1-26-22(29)20-16-27(14-15-31-2)17-21(20)24(26)9-12-28(13-10-24)23(30)25-11-8-18-4-6-19(32-3)7-5-18/h4-7,20-21H,8-17H2,1-3H3,(H,25,30)/t20-,21+/m1/s1. The summed E-state index contributed by atoms with van der Waals surface area (Å²) in [7, 11) is 5.33. The highest BCUT2D eigenvalue weighted by Crippen LogP contribution is 2.48. The molecule has 1 aromatic carbocycles. The van der Waals surface area contributed by atoms with Gasteiger partial charge < -0.3 is 24.6 Å². The van der Waals surface area contributed by atoms with Crippen LogP contribution in [0.25, 0.3) is 0 Å². The maximum atomic E-state index is 13.0. The van der Waals surface area contributed by atoms with E-state index < -0.39 is 0 Å². The molecule has 3 heterocycles. The highest BCUT2D eigenvalue weighted by atomic mass is 16.5. The van der Waals surface area contributed by atoms with Crippen molar-refractivity contribution < 1.29 is 19.1 Å². The number of benzene rings is 1. The quantitative estimate of drug-likeness (QED) is 0.689. The van der Waals surface area contributed by atoms with E-state index in [1.807, 2.05) is 41.1 Å². The van der Waals surface area contributed by atoms with Gasteiger partial charge in [-0.3, -0.25) is 9.69 Å². The predicted octanol–water partition coefficient (Wildman–Crippen LogP) is 1.45. The SMILES string of the molecule is COCCN1C[C@H]2C(=O)N(C)C3(CCN(C(=O)NCCc4ccc(OC)cc4)CC3)[C@H]2C1. The molecule has 0 saturated carbocycles. The number of carbonyl (C=O) groups is 2. The van der Waals surface area contributed by atoms with Gasteiger partial charge in [-0.1, -0.05) is 12.1 Å². The molecule has 3 amide bonds. The minimum Gasteiger partial charge on any atom is -0.497 e. The summed E-state index contributed by atoms with van der Waals surface area (Å²) >= 11 is 0. The van der Waals surface area contributed by atoms with Crippen molar-refractivity contribution in [3.8, 4) is 5.75 Å². The molecule has 0 radical (unpaired) electrons. The van der Waals surface area contributed by atoms with Crippen molar-refractivity contribution in [3.05, 3.63) is 29.8 Å². The zero-order valence-electron chi connectivity index (χ0n) is 19.5. The van der Waals surface area contributed by atoms with Gasteiger partial charge in [0, 0.05) is 59.3 Å². The van der Waals surface area contributed by atoms with Crippen LogP contribution in [0.3, 0.4) is 0 Å². The minimum absolute atomic E-state index is 0.00923. The Labute approximate surface area is 190 Å². The lowest BCUT2D eigenvalue weighted by Crippen LogP contribution is -2.57. The molecule has 176 valence electrons. The Morgan fingerprint density at radius 3 is 2.53 bits per heavy atom. The van der Waals surface area contributed by atoms with Crippen molar-refractivity contribution in [2.24, 2.45) is 11.8 Å². The molecule has 3 aliphatic rings. The maximum absolute atomic E-state index is 13.0. The van der Waals surface area contributed by atoms with Crippen LogP contribution in [0, 0.1) is 11.8 Å². The van der Waals surface area contributed by atoms with Crippen molar-refractivity contribution >= 4 is 11.9 Å². The number of methoxy groups -OCH3 is 2. The van der Waals surface area contributed by atoms with Crippen LogP contribution in [-0.2, 0) is 16.0 Å². The number of carbonyl (C=O) groups excluding carboxylic acids is 2. The van der Waals surface area contributed by atoms with Gasteiger partial charge in [0.05, 0.1) is 25.2 Å². The normalized spacial score (nSPS) is 24.8. The number of hydrogen-bond acceptors (Lipinski definition) is 5. The number of hydrogen-bond donors (Lipinski definition) is 1. The van der Waals surface area contributed by atoms with Gasteiger partial charge in [0.15, 0.2) is 0 Å². The molecule has 3 fully saturated rings. The second-order valence-corrected chi connectivity index (χ2v) is 9.28. The third-order valence-corrected chi connectivity index (χ3v) is 7.78. The molecular weight excluding hydrogens is 408 g/mol. The number of likely N-dealkylation sites (tertiary alicyclic amines) is 3. The molecule has 1 spiro atoms. The van der Waals surface area contributed by atoms with Gasteiger partial charge in [-0.2, -0.15) is 0 Å². The molecule has 0 bridgehead atoms. The molecule has 8 nitrogen and oxygen atoms in total. The first kappa shape index (κ1) is 22.9. The fourth-order valence-electron chi connectivity index (χ4n) is 5.82. The van der Waals surface area contributed by atoms with Crippen molar-refractivity contribution in [3.63, 3.8) is 0 Å². The van der Waals surface area contributed by atoms with Gasteiger partial charge in [-0.25, -0.2) is 4.79 Å². The molecular formula is C24H36N4O4. The highest BCUT2D eigenvalue weighted by molar-refractivity contribution is 5.84. The van der Waals surface area contributed by atoms with E-state index >= 15 is 0 Å². The number of nitrogens with one attached hydrogen (secondary N) is 1. The summed E-state index contributed by atoms with van der Waals surface area (Å²) in [5, 5.41) is 3.06. The Bertz CT molecular complexity index is 807. The summed E-state index contributed by atoms with van der Waals surface area (Å²) < 4.78 is 10.4. The van der Waals surface area contributed by atoms with E-state index in [-0.39, 0.29) is 23.4 Å². The topological polar surface area (TPSA) is 74.4 Å². The number of amides is 3. The van der Waals surface area contributed by atoms with E-state index in [4.69, 9.17) is 9.47 Å². The van der Waals surface area contributed by atoms with Crippen LogP contribution >= 0.6 is 0 Å². The van der Waals surface area contributed by atoms with Crippen molar-refractivity contribution in [1.82, 2.24) is 20.0 Å². The largest absolute Gasteiger partial charge is 0.497 e. The first-order valence-electron chi connectivity index (χ1n) is 11.6. The number of rotatable bonds is 7. The molecule has 2 atom stereocenters. The molecule has 3 aliphatic heterocycles. The first-order chi connectivity index (χ1) is 15.5. The van der Waals surface area contributed by atoms with Crippen molar-refractivity contribution in [2.75, 3.05) is 67.1 Å². The zero-order chi connectivity index (χ0) is 22.7. The summed E-state index contributed by atoms with van der Waals surface area (Å²) in [6.07, 6.45) is 2.48.